The van der Waals surface area contributed by atoms with Gasteiger partial charge in [-0.25, -0.2) is 10.2 Å². The number of nitrogens with zero attached hydrogens (tertiary/aromatic N) is 1. The van der Waals surface area contributed by atoms with Crippen LogP contribution >= 0.6 is 0 Å². The minimum absolute atomic E-state index is 0.588. The third-order valence-electron chi connectivity index (χ3n) is 2.25. The number of unbranched alkanes of at least 4 members (excludes halogenated alkanes) is 1. The van der Waals surface area contributed by atoms with E-state index in [9.17, 15) is 4.79 Å². The van der Waals surface area contributed by atoms with Crippen molar-refractivity contribution in [1.29, 1.82) is 0 Å². The number of hydrazone groups is 1. The molecule has 0 aromatic heterocycles. The molecule has 0 unspecified atom stereocenters. The third-order valence-corrected chi connectivity index (χ3v) is 2.25. The smallest absolute Gasteiger partial charge is 0.332 e. The summed E-state index contributed by atoms with van der Waals surface area (Å²) in [5.74, 6) is 0. The zero-order valence-corrected chi connectivity index (χ0v) is 10.6. The van der Waals surface area contributed by atoms with Gasteiger partial charge >= 0.3 is 6.03 Å². The first-order chi connectivity index (χ1) is 8.72. The fourth-order valence-corrected chi connectivity index (χ4v) is 1.37. The van der Waals surface area contributed by atoms with Crippen molar-refractivity contribution in [3.8, 4) is 0 Å². The quantitative estimate of drug-likeness (QED) is 0.440. The summed E-state index contributed by atoms with van der Waals surface area (Å²) in [4.78, 5) is 10.4. The molecule has 0 heterocycles. The lowest BCUT2D eigenvalue weighted by Gasteiger charge is -2.04. The van der Waals surface area contributed by atoms with Gasteiger partial charge in [-0.05, 0) is 23.6 Å². The van der Waals surface area contributed by atoms with Crippen LogP contribution in [-0.4, -0.2) is 18.9 Å². The summed E-state index contributed by atoms with van der Waals surface area (Å²) in [6, 6.07) is 7.08. The first kappa shape index (κ1) is 14.2. The Morgan fingerprint density at radius 1 is 1.56 bits per heavy atom. The molecule has 1 aromatic rings. The molecule has 3 N–H and O–H groups in total. The van der Waals surface area contributed by atoms with E-state index in [1.54, 1.807) is 6.21 Å². The van der Waals surface area contributed by atoms with Crippen molar-refractivity contribution in [2.75, 3.05) is 6.61 Å². The number of hydrogen-bond acceptors (Lipinski definition) is 3. The summed E-state index contributed by atoms with van der Waals surface area (Å²) in [7, 11) is 0. The molecule has 0 aliphatic heterocycles. The van der Waals surface area contributed by atoms with Gasteiger partial charge in [0.15, 0.2) is 0 Å². The van der Waals surface area contributed by atoms with Crippen molar-refractivity contribution >= 4 is 12.2 Å². The van der Waals surface area contributed by atoms with Crippen LogP contribution in [0.3, 0.4) is 0 Å². The molecule has 5 nitrogen and oxygen atoms in total. The number of nitrogens with two attached hydrogens (primary N) is 1. The van der Waals surface area contributed by atoms with Gasteiger partial charge < -0.3 is 10.5 Å². The number of nitrogens with one attached hydrogen (secondary N) is 1. The lowest BCUT2D eigenvalue weighted by molar-refractivity contribution is 0.118. The van der Waals surface area contributed by atoms with Gasteiger partial charge in [0.2, 0.25) is 0 Å². The van der Waals surface area contributed by atoms with Gasteiger partial charge in [0.25, 0.3) is 0 Å². The Morgan fingerprint density at radius 3 is 3.11 bits per heavy atom. The van der Waals surface area contributed by atoms with Crippen molar-refractivity contribution < 1.29 is 9.53 Å². The lowest BCUT2D eigenvalue weighted by Crippen LogP contribution is -2.24. The fourth-order valence-electron chi connectivity index (χ4n) is 1.37. The number of ether oxygens (including phenoxy) is 1. The summed E-state index contributed by atoms with van der Waals surface area (Å²) in [6.45, 7) is 3.50. The second kappa shape index (κ2) is 8.25. The van der Waals surface area contributed by atoms with Crippen LogP contribution in [-0.2, 0) is 11.3 Å². The average molecular weight is 249 g/mol. The number of urea groups is 1. The number of rotatable bonds is 7. The number of primary amides is 1. The zero-order valence-electron chi connectivity index (χ0n) is 10.6. The van der Waals surface area contributed by atoms with Crippen LogP contribution in [0.1, 0.15) is 30.9 Å². The van der Waals surface area contributed by atoms with Gasteiger partial charge in [-0.2, -0.15) is 5.10 Å². The summed E-state index contributed by atoms with van der Waals surface area (Å²) in [5, 5.41) is 3.70. The topological polar surface area (TPSA) is 76.7 Å². The van der Waals surface area contributed by atoms with Gasteiger partial charge in [-0.1, -0.05) is 31.5 Å². The molecule has 5 heteroatoms. The van der Waals surface area contributed by atoms with Gasteiger partial charge in [0, 0.05) is 6.61 Å². The fraction of sp³-hybridized carbons (Fsp3) is 0.385. The molecular formula is C13H19N3O2. The highest BCUT2D eigenvalue weighted by Crippen LogP contribution is 2.05. The molecule has 2 amide bonds. The van der Waals surface area contributed by atoms with E-state index in [0.717, 1.165) is 30.6 Å². The lowest BCUT2D eigenvalue weighted by atomic mass is 10.1. The van der Waals surface area contributed by atoms with E-state index in [1.165, 1.54) is 0 Å². The van der Waals surface area contributed by atoms with E-state index in [2.05, 4.69) is 17.5 Å². The van der Waals surface area contributed by atoms with Crippen molar-refractivity contribution in [2.45, 2.75) is 26.4 Å². The minimum atomic E-state index is -0.676. The standard InChI is InChI=1S/C13H19N3O2/c1-2-3-7-18-10-12-6-4-5-11(8-12)9-15-16-13(14)17/h4-6,8-9H,2-3,7,10H2,1H3,(H3,14,16,17). The molecule has 1 aromatic carbocycles. The molecular weight excluding hydrogens is 230 g/mol. The number of amides is 2. The van der Waals surface area contributed by atoms with E-state index in [0.29, 0.717) is 6.61 Å². The monoisotopic (exact) mass is 249 g/mol. The molecule has 0 atom stereocenters. The highest BCUT2D eigenvalue weighted by Gasteiger charge is 1.95. The van der Waals surface area contributed by atoms with E-state index < -0.39 is 6.03 Å². The van der Waals surface area contributed by atoms with Crippen molar-refractivity contribution in [3.05, 3.63) is 35.4 Å². The second-order valence-corrected chi connectivity index (χ2v) is 3.89. The summed E-state index contributed by atoms with van der Waals surface area (Å²) in [5.41, 5.74) is 9.01. The van der Waals surface area contributed by atoms with Crippen LogP contribution in [0.4, 0.5) is 4.79 Å². The Hall–Kier alpha value is -1.88. The van der Waals surface area contributed by atoms with Crippen LogP contribution in [0.15, 0.2) is 29.4 Å². The molecule has 0 fully saturated rings. The second-order valence-electron chi connectivity index (χ2n) is 3.89. The van der Waals surface area contributed by atoms with Crippen LogP contribution in [0.25, 0.3) is 0 Å². The molecule has 0 aliphatic carbocycles. The van der Waals surface area contributed by atoms with Crippen molar-refractivity contribution in [3.63, 3.8) is 0 Å². The first-order valence-electron chi connectivity index (χ1n) is 5.97. The number of carbonyl (C=O) groups excluding carboxylic acids is 1. The summed E-state index contributed by atoms with van der Waals surface area (Å²) >= 11 is 0. The maximum atomic E-state index is 10.4. The minimum Gasteiger partial charge on any atom is -0.377 e. The molecule has 0 saturated heterocycles. The maximum absolute atomic E-state index is 10.4. The van der Waals surface area contributed by atoms with Gasteiger partial charge in [0.05, 0.1) is 12.8 Å². The number of benzene rings is 1. The predicted molar refractivity (Wildman–Crippen MR) is 71.3 cm³/mol. The van der Waals surface area contributed by atoms with E-state index >= 15 is 0 Å². The highest BCUT2D eigenvalue weighted by molar-refractivity contribution is 5.81. The summed E-state index contributed by atoms with van der Waals surface area (Å²) in [6.07, 6.45) is 3.75. The predicted octanol–water partition coefficient (Wildman–Crippen LogP) is 2.01. The molecule has 1 rings (SSSR count). The van der Waals surface area contributed by atoms with Crippen molar-refractivity contribution in [1.82, 2.24) is 5.43 Å². The Morgan fingerprint density at radius 2 is 2.39 bits per heavy atom. The van der Waals surface area contributed by atoms with Gasteiger partial charge in [-0.15, -0.1) is 0 Å². The summed E-state index contributed by atoms with van der Waals surface area (Å²) < 4.78 is 5.52. The Balaban J connectivity index is 2.46. The first-order valence-corrected chi connectivity index (χ1v) is 5.97. The molecule has 0 aliphatic rings. The Kier molecular flexibility index (Phi) is 6.50. The van der Waals surface area contributed by atoms with E-state index in [4.69, 9.17) is 10.5 Å². The molecule has 0 radical (unpaired) electrons. The highest BCUT2D eigenvalue weighted by atomic mass is 16.5. The van der Waals surface area contributed by atoms with Crippen LogP contribution < -0.4 is 11.2 Å². The van der Waals surface area contributed by atoms with E-state index in [-0.39, 0.29) is 0 Å². The largest absolute Gasteiger partial charge is 0.377 e. The van der Waals surface area contributed by atoms with E-state index in [1.807, 2.05) is 24.3 Å². The van der Waals surface area contributed by atoms with Gasteiger partial charge in [-0.3, -0.25) is 0 Å². The Bertz CT molecular complexity index is 405. The SMILES string of the molecule is CCCCOCc1cccc(C=NNC(N)=O)c1. The number of carbonyl (C=O) groups is 1. The third kappa shape index (κ3) is 6.00. The zero-order chi connectivity index (χ0) is 13.2. The molecule has 98 valence electrons. The normalized spacial score (nSPS) is 10.7. The molecule has 0 spiro atoms. The average Bonchev–Trinajstić information content (AvgIpc) is 2.35. The molecule has 0 bridgehead atoms. The van der Waals surface area contributed by atoms with Gasteiger partial charge in [0.1, 0.15) is 0 Å². The Labute approximate surface area is 107 Å². The van der Waals surface area contributed by atoms with Crippen LogP contribution in [0, 0.1) is 0 Å². The van der Waals surface area contributed by atoms with Crippen LogP contribution in [0.2, 0.25) is 0 Å². The molecule has 18 heavy (non-hydrogen) atoms. The van der Waals surface area contributed by atoms with Crippen molar-refractivity contribution in [2.24, 2.45) is 10.8 Å². The van der Waals surface area contributed by atoms with Crippen LogP contribution in [0.5, 0.6) is 0 Å². The molecule has 0 saturated carbocycles. The maximum Gasteiger partial charge on any atom is 0.332 e. The number of hydrogen-bond donors (Lipinski definition) is 2.